The van der Waals surface area contributed by atoms with E-state index in [4.69, 9.17) is 0 Å². The Bertz CT molecular complexity index is 793. The van der Waals surface area contributed by atoms with Crippen LogP contribution in [-0.4, -0.2) is 21.2 Å². The topological polar surface area (TPSA) is 54.9 Å². The molecule has 18 heavy (non-hydrogen) atoms. The Morgan fingerprint density at radius 1 is 1.17 bits per heavy atom. The van der Waals surface area contributed by atoms with Crippen LogP contribution >= 0.6 is 0 Å². The summed E-state index contributed by atoms with van der Waals surface area (Å²) in [6.07, 6.45) is 3.45. The molecule has 0 unspecified atom stereocenters. The number of carbonyl (C=O) groups is 2. The Labute approximate surface area is 103 Å². The SMILES string of the molecule is CC(=O)c1cn(C(C)=O)c2ccc3cc[nH]c3c12. The number of aromatic amines is 1. The molecule has 0 radical (unpaired) electrons. The van der Waals surface area contributed by atoms with Crippen molar-refractivity contribution in [3.63, 3.8) is 0 Å². The van der Waals surface area contributed by atoms with Crippen LogP contribution in [0.4, 0.5) is 0 Å². The molecule has 0 saturated heterocycles. The summed E-state index contributed by atoms with van der Waals surface area (Å²) in [4.78, 5) is 26.5. The number of nitrogens with one attached hydrogen (secondary N) is 1. The second kappa shape index (κ2) is 3.57. The summed E-state index contributed by atoms with van der Waals surface area (Å²) >= 11 is 0. The minimum Gasteiger partial charge on any atom is -0.361 e. The highest BCUT2D eigenvalue weighted by Gasteiger charge is 2.16. The molecule has 3 rings (SSSR count). The number of hydrogen-bond donors (Lipinski definition) is 1. The molecule has 0 saturated carbocycles. The van der Waals surface area contributed by atoms with Crippen molar-refractivity contribution in [2.75, 3.05) is 0 Å². The molecule has 0 fully saturated rings. The molecule has 90 valence electrons. The van der Waals surface area contributed by atoms with E-state index in [0.717, 1.165) is 21.8 Å². The highest BCUT2D eigenvalue weighted by atomic mass is 16.1. The number of nitrogens with zero attached hydrogens (tertiary/aromatic N) is 1. The number of carbonyl (C=O) groups excluding carboxylic acids is 2. The molecular weight excluding hydrogens is 228 g/mol. The third-order valence-electron chi connectivity index (χ3n) is 3.21. The second-order valence-corrected chi connectivity index (χ2v) is 4.39. The van der Waals surface area contributed by atoms with E-state index in [0.29, 0.717) is 5.56 Å². The lowest BCUT2D eigenvalue weighted by Gasteiger charge is -1.99. The van der Waals surface area contributed by atoms with Gasteiger partial charge >= 0.3 is 0 Å². The molecule has 1 aromatic carbocycles. The van der Waals surface area contributed by atoms with Crippen molar-refractivity contribution in [3.05, 3.63) is 36.2 Å². The zero-order valence-electron chi connectivity index (χ0n) is 10.2. The second-order valence-electron chi connectivity index (χ2n) is 4.39. The Morgan fingerprint density at radius 2 is 1.94 bits per heavy atom. The van der Waals surface area contributed by atoms with Gasteiger partial charge in [0.15, 0.2) is 5.78 Å². The summed E-state index contributed by atoms with van der Waals surface area (Å²) in [7, 11) is 0. The van der Waals surface area contributed by atoms with E-state index in [1.165, 1.54) is 18.4 Å². The van der Waals surface area contributed by atoms with Crippen LogP contribution in [0, 0.1) is 0 Å². The molecule has 0 amide bonds. The third kappa shape index (κ3) is 1.32. The van der Waals surface area contributed by atoms with E-state index in [1.807, 2.05) is 24.4 Å². The fourth-order valence-corrected chi connectivity index (χ4v) is 2.38. The number of rotatable bonds is 1. The lowest BCUT2D eigenvalue weighted by atomic mass is 10.1. The van der Waals surface area contributed by atoms with E-state index in [2.05, 4.69) is 4.98 Å². The maximum absolute atomic E-state index is 11.7. The maximum atomic E-state index is 11.7. The first-order valence-corrected chi connectivity index (χ1v) is 5.72. The third-order valence-corrected chi connectivity index (χ3v) is 3.21. The average molecular weight is 240 g/mol. The van der Waals surface area contributed by atoms with Gasteiger partial charge in [-0.15, -0.1) is 0 Å². The van der Waals surface area contributed by atoms with Gasteiger partial charge in [-0.05, 0) is 19.1 Å². The minimum absolute atomic E-state index is 0.0397. The van der Waals surface area contributed by atoms with Crippen LogP contribution in [-0.2, 0) is 0 Å². The van der Waals surface area contributed by atoms with E-state index in [1.54, 1.807) is 6.20 Å². The van der Waals surface area contributed by atoms with Gasteiger partial charge in [-0.3, -0.25) is 14.2 Å². The van der Waals surface area contributed by atoms with Gasteiger partial charge in [0.2, 0.25) is 5.91 Å². The summed E-state index contributed by atoms with van der Waals surface area (Å²) in [6.45, 7) is 3.00. The van der Waals surface area contributed by atoms with E-state index >= 15 is 0 Å². The summed E-state index contributed by atoms with van der Waals surface area (Å²) in [5.74, 6) is -0.138. The van der Waals surface area contributed by atoms with Crippen LogP contribution in [0.1, 0.15) is 29.0 Å². The Hall–Kier alpha value is -2.36. The standard InChI is InChI=1S/C14H12N2O2/c1-8(17)11-7-16(9(2)18)12-4-3-10-5-6-15-14(10)13(11)12/h3-7,15H,1-2H3. The Kier molecular flexibility index (Phi) is 2.13. The van der Waals surface area contributed by atoms with E-state index in [9.17, 15) is 9.59 Å². The molecule has 1 N–H and O–H groups in total. The van der Waals surface area contributed by atoms with Gasteiger partial charge in [0.1, 0.15) is 0 Å². The minimum atomic E-state index is -0.0987. The number of Topliss-reactive ketones (excluding diaryl/α,β-unsaturated/α-hetero) is 1. The molecular formula is C14H12N2O2. The molecule has 0 bridgehead atoms. The Balaban J connectivity index is 2.56. The van der Waals surface area contributed by atoms with E-state index < -0.39 is 0 Å². The first-order valence-electron chi connectivity index (χ1n) is 5.72. The number of fused-ring (bicyclic) bond motifs is 3. The summed E-state index contributed by atoms with van der Waals surface area (Å²) in [5.41, 5.74) is 2.24. The van der Waals surface area contributed by atoms with Gasteiger partial charge in [-0.1, -0.05) is 6.07 Å². The van der Waals surface area contributed by atoms with Crippen molar-refractivity contribution in [1.82, 2.24) is 9.55 Å². The lowest BCUT2D eigenvalue weighted by molar-refractivity contribution is 0.0941. The molecule has 0 aliphatic carbocycles. The van der Waals surface area contributed by atoms with E-state index in [-0.39, 0.29) is 11.7 Å². The maximum Gasteiger partial charge on any atom is 0.227 e. The predicted octanol–water partition coefficient (Wildman–Crippen LogP) is 2.99. The van der Waals surface area contributed by atoms with Gasteiger partial charge in [0.25, 0.3) is 0 Å². The fourth-order valence-electron chi connectivity index (χ4n) is 2.38. The molecule has 0 atom stereocenters. The van der Waals surface area contributed by atoms with Crippen LogP contribution in [0.3, 0.4) is 0 Å². The Morgan fingerprint density at radius 3 is 2.61 bits per heavy atom. The van der Waals surface area contributed by atoms with Gasteiger partial charge < -0.3 is 4.98 Å². The van der Waals surface area contributed by atoms with Crippen LogP contribution in [0.15, 0.2) is 30.6 Å². The zero-order valence-corrected chi connectivity index (χ0v) is 10.2. The molecule has 0 spiro atoms. The van der Waals surface area contributed by atoms with Crippen LogP contribution in [0.2, 0.25) is 0 Å². The molecule has 4 nitrogen and oxygen atoms in total. The molecule has 0 aliphatic rings. The molecule has 2 heterocycles. The summed E-state index contributed by atoms with van der Waals surface area (Å²) < 4.78 is 1.52. The number of aromatic nitrogens is 2. The average Bonchev–Trinajstić information content (AvgIpc) is 2.91. The van der Waals surface area contributed by atoms with Crippen molar-refractivity contribution in [2.45, 2.75) is 13.8 Å². The van der Waals surface area contributed by atoms with Crippen molar-refractivity contribution < 1.29 is 9.59 Å². The number of hydrogen-bond acceptors (Lipinski definition) is 2. The summed E-state index contributed by atoms with van der Waals surface area (Å²) in [6, 6.07) is 5.76. The lowest BCUT2D eigenvalue weighted by Crippen LogP contribution is -2.03. The predicted molar refractivity (Wildman–Crippen MR) is 70.1 cm³/mol. The van der Waals surface area contributed by atoms with Gasteiger partial charge in [-0.2, -0.15) is 0 Å². The highest BCUT2D eigenvalue weighted by Crippen LogP contribution is 2.29. The molecule has 3 aromatic rings. The first-order chi connectivity index (χ1) is 8.59. The van der Waals surface area contributed by atoms with Crippen molar-refractivity contribution in [3.8, 4) is 0 Å². The number of ketones is 1. The molecule has 0 aliphatic heterocycles. The van der Waals surface area contributed by atoms with Gasteiger partial charge in [0, 0.05) is 35.7 Å². The van der Waals surface area contributed by atoms with Crippen LogP contribution < -0.4 is 0 Å². The normalized spacial score (nSPS) is 11.2. The van der Waals surface area contributed by atoms with Crippen LogP contribution in [0.5, 0.6) is 0 Å². The largest absolute Gasteiger partial charge is 0.361 e. The van der Waals surface area contributed by atoms with Crippen molar-refractivity contribution >= 4 is 33.5 Å². The number of H-pyrrole nitrogens is 1. The first kappa shape index (κ1) is 10.8. The molecule has 2 aromatic heterocycles. The number of benzene rings is 1. The monoisotopic (exact) mass is 240 g/mol. The molecule has 4 heteroatoms. The van der Waals surface area contributed by atoms with Crippen LogP contribution in [0.25, 0.3) is 21.8 Å². The van der Waals surface area contributed by atoms with Crippen molar-refractivity contribution in [2.24, 2.45) is 0 Å². The highest BCUT2D eigenvalue weighted by molar-refractivity contribution is 6.18. The van der Waals surface area contributed by atoms with Gasteiger partial charge in [-0.25, -0.2) is 0 Å². The fraction of sp³-hybridized carbons (Fsp3) is 0.143. The zero-order chi connectivity index (χ0) is 12.9. The smallest absolute Gasteiger partial charge is 0.227 e. The quantitative estimate of drug-likeness (QED) is 0.665. The summed E-state index contributed by atoms with van der Waals surface area (Å²) in [5, 5.41) is 1.85. The van der Waals surface area contributed by atoms with Gasteiger partial charge in [0.05, 0.1) is 11.0 Å². The van der Waals surface area contributed by atoms with Crippen molar-refractivity contribution in [1.29, 1.82) is 0 Å².